The highest BCUT2D eigenvalue weighted by molar-refractivity contribution is 5.78. The first kappa shape index (κ1) is 21.8. The van der Waals surface area contributed by atoms with E-state index in [4.69, 9.17) is 9.72 Å². The van der Waals surface area contributed by atoms with Gasteiger partial charge < -0.3 is 14.6 Å². The number of para-hydroxylation sites is 1. The molecule has 1 fully saturated rings. The Balaban J connectivity index is 1.33. The van der Waals surface area contributed by atoms with Gasteiger partial charge in [0.15, 0.2) is 17.8 Å². The van der Waals surface area contributed by atoms with Gasteiger partial charge in [0.2, 0.25) is 0 Å². The first-order chi connectivity index (χ1) is 16.6. The van der Waals surface area contributed by atoms with Gasteiger partial charge in [-0.3, -0.25) is 9.59 Å². The smallest absolute Gasteiger partial charge is 0.281 e. The molecule has 0 bridgehead atoms. The lowest BCUT2D eigenvalue weighted by Crippen LogP contribution is -2.42. The van der Waals surface area contributed by atoms with E-state index >= 15 is 0 Å². The van der Waals surface area contributed by atoms with Crippen molar-refractivity contribution in [2.75, 3.05) is 19.7 Å². The Morgan fingerprint density at radius 1 is 1.15 bits per heavy atom. The molecule has 2 aromatic heterocycles. The summed E-state index contributed by atoms with van der Waals surface area (Å²) in [6.45, 7) is 3.62. The summed E-state index contributed by atoms with van der Waals surface area (Å²) in [5, 5.41) is 8.20. The van der Waals surface area contributed by atoms with Crippen molar-refractivity contribution in [1.82, 2.24) is 29.9 Å². The second-order valence-corrected chi connectivity index (χ2v) is 8.64. The molecule has 0 saturated carbocycles. The molecule has 1 amide bonds. The summed E-state index contributed by atoms with van der Waals surface area (Å²) in [6, 6.07) is 17.4. The molecule has 0 unspecified atom stereocenters. The first-order valence-electron chi connectivity index (χ1n) is 11.4. The number of benzene rings is 2. The number of likely N-dealkylation sites (tertiary alicyclic amines) is 1. The number of aromatic nitrogens is 5. The quantitative estimate of drug-likeness (QED) is 0.476. The molecule has 1 aliphatic heterocycles. The Bertz CT molecular complexity index is 1350. The molecule has 3 heterocycles. The fourth-order valence-corrected chi connectivity index (χ4v) is 4.23. The van der Waals surface area contributed by atoms with Gasteiger partial charge in [-0.05, 0) is 37.5 Å². The number of aromatic amines is 1. The molecule has 34 heavy (non-hydrogen) atoms. The zero-order valence-corrected chi connectivity index (χ0v) is 19.0. The van der Waals surface area contributed by atoms with Gasteiger partial charge in [0, 0.05) is 19.0 Å². The van der Waals surface area contributed by atoms with Crippen LogP contribution in [0.25, 0.3) is 11.2 Å². The predicted molar refractivity (Wildman–Crippen MR) is 127 cm³/mol. The first-order valence-corrected chi connectivity index (χ1v) is 11.4. The van der Waals surface area contributed by atoms with Crippen LogP contribution >= 0.6 is 0 Å². The van der Waals surface area contributed by atoms with E-state index in [9.17, 15) is 9.59 Å². The SMILES string of the molecule is Cc1ccc(Cn2nnc3c(=O)[nH]c([C@H]4CCCN(C(=O)COc5ccccc5)C4)nc32)cc1. The van der Waals surface area contributed by atoms with Gasteiger partial charge in [-0.1, -0.05) is 53.2 Å². The summed E-state index contributed by atoms with van der Waals surface area (Å²) in [7, 11) is 0. The minimum atomic E-state index is -0.314. The Morgan fingerprint density at radius 3 is 2.74 bits per heavy atom. The maximum Gasteiger partial charge on any atom is 0.281 e. The number of fused-ring (bicyclic) bond motifs is 1. The number of rotatable bonds is 6. The lowest BCUT2D eigenvalue weighted by molar-refractivity contribution is -0.134. The third-order valence-electron chi connectivity index (χ3n) is 6.11. The fourth-order valence-electron chi connectivity index (χ4n) is 4.23. The average Bonchev–Trinajstić information content (AvgIpc) is 3.28. The van der Waals surface area contributed by atoms with Gasteiger partial charge in [-0.2, -0.15) is 0 Å². The maximum absolute atomic E-state index is 12.8. The van der Waals surface area contributed by atoms with Crippen LogP contribution in [0.2, 0.25) is 0 Å². The molecule has 1 aliphatic rings. The molecule has 1 N–H and O–H groups in total. The van der Waals surface area contributed by atoms with Crippen molar-refractivity contribution in [3.8, 4) is 5.75 Å². The van der Waals surface area contributed by atoms with Crippen LogP contribution < -0.4 is 10.3 Å². The van der Waals surface area contributed by atoms with Crippen molar-refractivity contribution in [1.29, 1.82) is 0 Å². The number of nitrogens with zero attached hydrogens (tertiary/aromatic N) is 5. The van der Waals surface area contributed by atoms with Crippen molar-refractivity contribution < 1.29 is 9.53 Å². The molecule has 0 radical (unpaired) electrons. The van der Waals surface area contributed by atoms with Crippen molar-refractivity contribution in [2.45, 2.75) is 32.2 Å². The monoisotopic (exact) mass is 458 g/mol. The number of piperidine rings is 1. The average molecular weight is 459 g/mol. The zero-order valence-electron chi connectivity index (χ0n) is 19.0. The summed E-state index contributed by atoms with van der Waals surface area (Å²) in [6.07, 6.45) is 1.65. The molecule has 1 atom stereocenters. The van der Waals surface area contributed by atoms with Crippen LogP contribution in [0.15, 0.2) is 59.4 Å². The van der Waals surface area contributed by atoms with E-state index in [2.05, 4.69) is 15.3 Å². The minimum Gasteiger partial charge on any atom is -0.484 e. The predicted octanol–water partition coefficient (Wildman–Crippen LogP) is 2.66. The highest BCUT2D eigenvalue weighted by Gasteiger charge is 2.27. The van der Waals surface area contributed by atoms with Crippen molar-refractivity contribution in [3.63, 3.8) is 0 Å². The molecule has 0 aliphatic carbocycles. The van der Waals surface area contributed by atoms with E-state index in [1.165, 1.54) is 5.56 Å². The van der Waals surface area contributed by atoms with Gasteiger partial charge in [0.1, 0.15) is 11.6 Å². The number of hydrogen-bond acceptors (Lipinski definition) is 6. The lowest BCUT2D eigenvalue weighted by Gasteiger charge is -2.32. The zero-order chi connectivity index (χ0) is 23.5. The number of nitrogens with one attached hydrogen (secondary N) is 1. The Labute approximate surface area is 196 Å². The van der Waals surface area contributed by atoms with Crippen molar-refractivity contribution >= 4 is 17.1 Å². The van der Waals surface area contributed by atoms with Crippen LogP contribution in [-0.4, -0.2) is 55.5 Å². The third kappa shape index (κ3) is 4.68. The van der Waals surface area contributed by atoms with E-state index in [1.54, 1.807) is 9.58 Å². The third-order valence-corrected chi connectivity index (χ3v) is 6.11. The molecule has 0 spiro atoms. The van der Waals surface area contributed by atoms with Crippen LogP contribution in [0.4, 0.5) is 0 Å². The van der Waals surface area contributed by atoms with Crippen LogP contribution in [0.5, 0.6) is 5.75 Å². The topological polar surface area (TPSA) is 106 Å². The fraction of sp³-hybridized carbons (Fsp3) is 0.320. The summed E-state index contributed by atoms with van der Waals surface area (Å²) >= 11 is 0. The van der Waals surface area contributed by atoms with Gasteiger partial charge in [0.25, 0.3) is 11.5 Å². The highest BCUT2D eigenvalue weighted by atomic mass is 16.5. The molecular formula is C25H26N6O3. The maximum atomic E-state index is 12.8. The van der Waals surface area contributed by atoms with Crippen molar-refractivity contribution in [2.24, 2.45) is 0 Å². The number of amides is 1. The summed E-state index contributed by atoms with van der Waals surface area (Å²) in [5.74, 6) is 1.07. The minimum absolute atomic E-state index is 0.0209. The molecule has 174 valence electrons. The summed E-state index contributed by atoms with van der Waals surface area (Å²) in [4.78, 5) is 34.9. The number of hydrogen-bond donors (Lipinski definition) is 1. The molecule has 4 aromatic rings. The second-order valence-electron chi connectivity index (χ2n) is 8.64. The van der Waals surface area contributed by atoms with E-state index in [0.29, 0.717) is 36.9 Å². The number of aryl methyl sites for hydroxylation is 1. The second kappa shape index (κ2) is 9.46. The molecule has 9 nitrogen and oxygen atoms in total. The van der Waals surface area contributed by atoms with Crippen LogP contribution in [0.3, 0.4) is 0 Å². The highest BCUT2D eigenvalue weighted by Crippen LogP contribution is 2.25. The number of carbonyl (C=O) groups excluding carboxylic acids is 1. The van der Waals surface area contributed by atoms with Crippen LogP contribution in [0, 0.1) is 6.92 Å². The number of ether oxygens (including phenoxy) is 1. The normalized spacial score (nSPS) is 16.0. The molecule has 5 rings (SSSR count). The van der Waals surface area contributed by atoms with Gasteiger partial charge in [-0.15, -0.1) is 5.10 Å². The summed E-state index contributed by atoms with van der Waals surface area (Å²) in [5.41, 5.74) is 2.58. The molecular weight excluding hydrogens is 432 g/mol. The van der Waals surface area contributed by atoms with E-state index in [-0.39, 0.29) is 29.5 Å². The van der Waals surface area contributed by atoms with Crippen LogP contribution in [0.1, 0.15) is 35.7 Å². The Morgan fingerprint density at radius 2 is 1.94 bits per heavy atom. The molecule has 9 heteroatoms. The number of carbonyl (C=O) groups is 1. The Hall–Kier alpha value is -4.01. The van der Waals surface area contributed by atoms with Gasteiger partial charge in [0.05, 0.1) is 6.54 Å². The van der Waals surface area contributed by atoms with Gasteiger partial charge in [-0.25, -0.2) is 9.67 Å². The Kier molecular flexibility index (Phi) is 6.07. The van der Waals surface area contributed by atoms with Gasteiger partial charge >= 0.3 is 0 Å². The summed E-state index contributed by atoms with van der Waals surface area (Å²) < 4.78 is 7.27. The van der Waals surface area contributed by atoms with E-state index < -0.39 is 0 Å². The van der Waals surface area contributed by atoms with E-state index in [0.717, 1.165) is 18.4 Å². The standard InChI is InChI=1S/C25H26N6O3/c1-17-9-11-18(12-10-17)14-31-24-22(28-29-31)25(33)27-23(26-24)19-6-5-13-30(15-19)21(32)16-34-20-7-3-2-4-8-20/h2-4,7-12,19H,5-6,13-16H2,1H3,(H,26,27,33)/t19-/m0/s1. The largest absolute Gasteiger partial charge is 0.484 e. The number of H-pyrrole nitrogens is 1. The lowest BCUT2D eigenvalue weighted by atomic mass is 9.97. The molecule has 1 saturated heterocycles. The van der Waals surface area contributed by atoms with Crippen molar-refractivity contribution in [3.05, 3.63) is 81.9 Å². The van der Waals surface area contributed by atoms with Crippen LogP contribution in [-0.2, 0) is 11.3 Å². The molecule has 2 aromatic carbocycles. The van der Waals surface area contributed by atoms with E-state index in [1.807, 2.05) is 61.5 Å².